The monoisotopic (exact) mass is 198 g/mol. The lowest BCUT2D eigenvalue weighted by Crippen LogP contribution is -2.05. The van der Waals surface area contributed by atoms with Gasteiger partial charge in [-0.1, -0.05) is 58.8 Å². The van der Waals surface area contributed by atoms with Crippen LogP contribution in [0.2, 0.25) is 0 Å². The quantitative estimate of drug-likeness (QED) is 0.503. The van der Waals surface area contributed by atoms with Crippen molar-refractivity contribution in [1.29, 1.82) is 0 Å². The van der Waals surface area contributed by atoms with Crippen molar-refractivity contribution in [3.8, 4) is 0 Å². The topological polar surface area (TPSA) is 17.1 Å². The third kappa shape index (κ3) is 8.28. The second-order valence-electron chi connectivity index (χ2n) is 4.42. The molecule has 0 fully saturated rings. The highest BCUT2D eigenvalue weighted by atomic mass is 16.1. The van der Waals surface area contributed by atoms with Crippen LogP contribution in [0.5, 0.6) is 0 Å². The third-order valence-corrected chi connectivity index (χ3v) is 2.93. The van der Waals surface area contributed by atoms with E-state index in [1.54, 1.807) is 6.92 Å². The molecule has 1 unspecified atom stereocenters. The van der Waals surface area contributed by atoms with Crippen LogP contribution in [0.25, 0.3) is 0 Å². The van der Waals surface area contributed by atoms with Crippen LogP contribution in [0.4, 0.5) is 0 Å². The van der Waals surface area contributed by atoms with Crippen molar-refractivity contribution in [3.63, 3.8) is 0 Å². The number of hydrogen-bond acceptors (Lipinski definition) is 1. The zero-order valence-corrected chi connectivity index (χ0v) is 10.1. The van der Waals surface area contributed by atoms with Crippen LogP contribution in [-0.4, -0.2) is 5.78 Å². The summed E-state index contributed by atoms with van der Waals surface area (Å²) in [5.74, 6) is 0.627. The number of carbonyl (C=O) groups is 1. The zero-order chi connectivity index (χ0) is 10.8. The maximum absolute atomic E-state index is 10.9. The van der Waals surface area contributed by atoms with E-state index in [9.17, 15) is 4.79 Å². The van der Waals surface area contributed by atoms with Crippen LogP contribution in [-0.2, 0) is 4.79 Å². The number of ketones is 1. The third-order valence-electron chi connectivity index (χ3n) is 2.93. The van der Waals surface area contributed by atoms with E-state index in [1.807, 2.05) is 6.92 Å². The average molecular weight is 198 g/mol. The lowest BCUT2D eigenvalue weighted by atomic mass is 9.99. The van der Waals surface area contributed by atoms with E-state index in [2.05, 4.69) is 6.92 Å². The van der Waals surface area contributed by atoms with Crippen molar-refractivity contribution in [2.45, 2.75) is 72.1 Å². The van der Waals surface area contributed by atoms with Gasteiger partial charge in [0.2, 0.25) is 0 Å². The molecular weight excluding hydrogens is 172 g/mol. The number of unbranched alkanes of at least 4 members (excludes halogenated alkanes) is 6. The van der Waals surface area contributed by atoms with Gasteiger partial charge in [0.05, 0.1) is 0 Å². The van der Waals surface area contributed by atoms with Gasteiger partial charge in [-0.15, -0.1) is 0 Å². The van der Waals surface area contributed by atoms with Gasteiger partial charge in [0, 0.05) is 5.92 Å². The zero-order valence-electron chi connectivity index (χ0n) is 10.1. The van der Waals surface area contributed by atoms with E-state index < -0.39 is 0 Å². The van der Waals surface area contributed by atoms with E-state index in [0.717, 1.165) is 6.42 Å². The van der Waals surface area contributed by atoms with Gasteiger partial charge in [0.1, 0.15) is 5.78 Å². The lowest BCUT2D eigenvalue weighted by molar-refractivity contribution is -0.120. The lowest BCUT2D eigenvalue weighted by Gasteiger charge is -2.06. The summed E-state index contributed by atoms with van der Waals surface area (Å²) in [5, 5.41) is 0. The van der Waals surface area contributed by atoms with E-state index in [4.69, 9.17) is 0 Å². The normalized spacial score (nSPS) is 12.8. The molecule has 0 rings (SSSR count). The van der Waals surface area contributed by atoms with Crippen molar-refractivity contribution in [2.24, 2.45) is 5.92 Å². The van der Waals surface area contributed by atoms with Gasteiger partial charge in [0.15, 0.2) is 0 Å². The van der Waals surface area contributed by atoms with E-state index in [0.29, 0.717) is 5.78 Å². The van der Waals surface area contributed by atoms with Crippen molar-refractivity contribution >= 4 is 5.78 Å². The minimum Gasteiger partial charge on any atom is -0.300 e. The number of hydrogen-bond donors (Lipinski definition) is 0. The van der Waals surface area contributed by atoms with Crippen LogP contribution < -0.4 is 0 Å². The Labute approximate surface area is 89.3 Å². The van der Waals surface area contributed by atoms with Crippen LogP contribution in [0, 0.1) is 5.92 Å². The fourth-order valence-electron chi connectivity index (χ4n) is 1.61. The molecular formula is C13H26O. The molecule has 0 aromatic heterocycles. The number of Topliss-reactive ketones (excluding diaryl/α,β-unsaturated/α-hetero) is 1. The molecule has 0 spiro atoms. The summed E-state index contributed by atoms with van der Waals surface area (Å²) in [7, 11) is 0. The summed E-state index contributed by atoms with van der Waals surface area (Å²) >= 11 is 0. The number of rotatable bonds is 9. The highest BCUT2D eigenvalue weighted by molar-refractivity contribution is 5.77. The van der Waals surface area contributed by atoms with Gasteiger partial charge in [-0.3, -0.25) is 4.79 Å². The summed E-state index contributed by atoms with van der Waals surface area (Å²) in [5.41, 5.74) is 0. The largest absolute Gasteiger partial charge is 0.300 e. The molecule has 0 amide bonds. The molecule has 0 aliphatic heterocycles. The maximum Gasteiger partial charge on any atom is 0.132 e. The summed E-state index contributed by atoms with van der Waals surface area (Å²) in [6.45, 7) is 5.99. The Morgan fingerprint density at radius 2 is 1.50 bits per heavy atom. The first-order chi connectivity index (χ1) is 6.68. The van der Waals surface area contributed by atoms with Gasteiger partial charge in [-0.05, 0) is 13.3 Å². The molecule has 0 aromatic carbocycles. The van der Waals surface area contributed by atoms with Crippen molar-refractivity contribution < 1.29 is 4.79 Å². The summed E-state index contributed by atoms with van der Waals surface area (Å²) in [4.78, 5) is 10.9. The molecule has 0 N–H and O–H groups in total. The average Bonchev–Trinajstić information content (AvgIpc) is 2.16. The molecule has 84 valence electrons. The van der Waals surface area contributed by atoms with E-state index >= 15 is 0 Å². The van der Waals surface area contributed by atoms with Gasteiger partial charge in [0.25, 0.3) is 0 Å². The van der Waals surface area contributed by atoms with Crippen molar-refractivity contribution in [3.05, 3.63) is 0 Å². The first-order valence-electron chi connectivity index (χ1n) is 6.19. The minimum atomic E-state index is 0.283. The standard InChI is InChI=1S/C13H26O/c1-4-5-6-7-8-9-10-11-12(2)13(3)14/h12H,4-11H2,1-3H3. The summed E-state index contributed by atoms with van der Waals surface area (Å²) in [6.07, 6.45) is 10.4. The summed E-state index contributed by atoms with van der Waals surface area (Å²) < 4.78 is 0. The molecule has 0 saturated heterocycles. The fraction of sp³-hybridized carbons (Fsp3) is 0.923. The molecule has 0 heterocycles. The van der Waals surface area contributed by atoms with Gasteiger partial charge < -0.3 is 0 Å². The number of carbonyl (C=O) groups excluding carboxylic acids is 1. The Morgan fingerprint density at radius 3 is 2.00 bits per heavy atom. The Hall–Kier alpha value is -0.330. The molecule has 0 aromatic rings. The second kappa shape index (κ2) is 9.23. The highest BCUT2D eigenvalue weighted by Gasteiger charge is 2.05. The van der Waals surface area contributed by atoms with Gasteiger partial charge in [-0.25, -0.2) is 0 Å². The fourth-order valence-corrected chi connectivity index (χ4v) is 1.61. The van der Waals surface area contributed by atoms with E-state index in [-0.39, 0.29) is 5.92 Å². The molecule has 0 saturated carbocycles. The Kier molecular flexibility index (Phi) is 9.02. The second-order valence-corrected chi connectivity index (χ2v) is 4.42. The molecule has 14 heavy (non-hydrogen) atoms. The summed E-state index contributed by atoms with van der Waals surface area (Å²) in [6, 6.07) is 0. The predicted molar refractivity (Wildman–Crippen MR) is 62.5 cm³/mol. The molecule has 1 nitrogen and oxygen atoms in total. The van der Waals surface area contributed by atoms with Crippen LogP contribution in [0.3, 0.4) is 0 Å². The molecule has 1 heteroatoms. The predicted octanol–water partition coefficient (Wildman–Crippen LogP) is 4.35. The van der Waals surface area contributed by atoms with E-state index in [1.165, 1.54) is 44.9 Å². The van der Waals surface area contributed by atoms with Crippen LogP contribution >= 0.6 is 0 Å². The molecule has 0 aliphatic rings. The van der Waals surface area contributed by atoms with Crippen LogP contribution in [0.15, 0.2) is 0 Å². The Balaban J connectivity index is 3.09. The molecule has 0 bridgehead atoms. The first kappa shape index (κ1) is 13.7. The van der Waals surface area contributed by atoms with Crippen molar-refractivity contribution in [2.75, 3.05) is 0 Å². The Bertz CT molecular complexity index is 140. The first-order valence-corrected chi connectivity index (χ1v) is 6.19. The molecule has 1 atom stereocenters. The minimum absolute atomic E-state index is 0.283. The van der Waals surface area contributed by atoms with Crippen molar-refractivity contribution in [1.82, 2.24) is 0 Å². The van der Waals surface area contributed by atoms with Crippen LogP contribution in [0.1, 0.15) is 72.1 Å². The van der Waals surface area contributed by atoms with Gasteiger partial charge in [-0.2, -0.15) is 0 Å². The Morgan fingerprint density at radius 1 is 1.00 bits per heavy atom. The maximum atomic E-state index is 10.9. The van der Waals surface area contributed by atoms with Gasteiger partial charge >= 0.3 is 0 Å². The molecule has 0 radical (unpaired) electrons. The highest BCUT2D eigenvalue weighted by Crippen LogP contribution is 2.12. The smallest absolute Gasteiger partial charge is 0.132 e. The molecule has 0 aliphatic carbocycles. The SMILES string of the molecule is CCCCCCCCCC(C)C(C)=O.